The number of benzene rings is 2. The molecule has 5 heterocycles. The molecule has 0 amide bonds. The van der Waals surface area contributed by atoms with Crippen LogP contribution in [0, 0.1) is 11.3 Å². The Kier molecular flexibility index (Phi) is 6.61. The average molecular weight is 525 g/mol. The summed E-state index contributed by atoms with van der Waals surface area (Å²) in [6, 6.07) is 17.9. The van der Waals surface area contributed by atoms with E-state index in [0.717, 1.165) is 88.7 Å². The lowest BCUT2D eigenvalue weighted by atomic mass is 10.1. The molecule has 3 atom stereocenters. The van der Waals surface area contributed by atoms with Crippen molar-refractivity contribution in [3.05, 3.63) is 65.4 Å². The minimum Gasteiger partial charge on any atom is -0.378 e. The van der Waals surface area contributed by atoms with E-state index in [9.17, 15) is 5.26 Å². The van der Waals surface area contributed by atoms with E-state index in [1.54, 1.807) is 6.20 Å². The van der Waals surface area contributed by atoms with Crippen LogP contribution in [0.2, 0.25) is 0 Å². The van der Waals surface area contributed by atoms with E-state index in [-0.39, 0.29) is 12.2 Å². The van der Waals surface area contributed by atoms with Crippen molar-refractivity contribution in [2.24, 2.45) is 0 Å². The van der Waals surface area contributed by atoms with Gasteiger partial charge in [-0.3, -0.25) is 14.8 Å². The maximum Gasteiger partial charge on any atom is 0.101 e. The first-order chi connectivity index (χ1) is 19.1. The van der Waals surface area contributed by atoms with E-state index in [1.807, 2.05) is 12.1 Å². The zero-order valence-electron chi connectivity index (χ0n) is 22.6. The van der Waals surface area contributed by atoms with Gasteiger partial charge in [0.2, 0.25) is 0 Å². The second-order valence-corrected chi connectivity index (χ2v) is 11.5. The van der Waals surface area contributed by atoms with Crippen LogP contribution in [0.5, 0.6) is 0 Å². The van der Waals surface area contributed by atoms with Crippen molar-refractivity contribution in [2.45, 2.75) is 38.3 Å². The number of anilines is 2. The summed E-state index contributed by atoms with van der Waals surface area (Å²) in [5.41, 5.74) is 6.75. The molecule has 1 aromatic heterocycles. The average Bonchev–Trinajstić information content (AvgIpc) is 3.37. The number of nitrogens with zero attached hydrogens (tertiary/aromatic N) is 6. The van der Waals surface area contributed by atoms with Crippen LogP contribution in [0.1, 0.15) is 23.6 Å². The fourth-order valence-corrected chi connectivity index (χ4v) is 6.91. The highest BCUT2D eigenvalue weighted by molar-refractivity contribution is 5.95. The molecule has 0 N–H and O–H groups in total. The van der Waals surface area contributed by atoms with Crippen LogP contribution in [0.3, 0.4) is 0 Å². The highest BCUT2D eigenvalue weighted by Crippen LogP contribution is 2.32. The van der Waals surface area contributed by atoms with Gasteiger partial charge in [0.25, 0.3) is 0 Å². The fourth-order valence-electron chi connectivity index (χ4n) is 6.91. The number of hydrogen-bond donors (Lipinski definition) is 0. The molecular formula is C31H36N6O2. The molecule has 7 rings (SSSR count). The SMILES string of the molecule is C[C@@H]1CN(c2ccc(C#N)c3ncccc23)C[C@H](CN2Cc3ccc(N4CCN5CCOCC5C4)cc3C2)O1. The maximum absolute atomic E-state index is 9.55. The zero-order chi connectivity index (χ0) is 26.3. The molecule has 8 nitrogen and oxygen atoms in total. The van der Waals surface area contributed by atoms with E-state index in [0.29, 0.717) is 11.6 Å². The van der Waals surface area contributed by atoms with Gasteiger partial charge in [0.05, 0.1) is 42.5 Å². The molecule has 4 aliphatic rings. The fraction of sp³-hybridized carbons (Fsp3) is 0.484. The first kappa shape index (κ1) is 24.8. The van der Waals surface area contributed by atoms with Crippen LogP contribution in [0.15, 0.2) is 48.7 Å². The predicted octanol–water partition coefficient (Wildman–Crippen LogP) is 3.24. The molecule has 3 saturated heterocycles. The van der Waals surface area contributed by atoms with Crippen molar-refractivity contribution in [3.8, 4) is 6.07 Å². The summed E-state index contributed by atoms with van der Waals surface area (Å²) in [4.78, 5) is 14.6. The number of fused-ring (bicyclic) bond motifs is 3. The number of hydrogen-bond acceptors (Lipinski definition) is 8. The topological polar surface area (TPSA) is 68.1 Å². The van der Waals surface area contributed by atoms with Gasteiger partial charge in [0.15, 0.2) is 0 Å². The van der Waals surface area contributed by atoms with E-state index in [2.05, 4.69) is 67.9 Å². The Morgan fingerprint density at radius 2 is 1.92 bits per heavy atom. The summed E-state index contributed by atoms with van der Waals surface area (Å²) < 4.78 is 12.2. The van der Waals surface area contributed by atoms with Crippen LogP contribution in [-0.2, 0) is 22.6 Å². The number of ether oxygens (including phenoxy) is 2. The predicted molar refractivity (Wildman–Crippen MR) is 152 cm³/mol. The normalized spacial score (nSPS) is 25.9. The van der Waals surface area contributed by atoms with E-state index < -0.39 is 0 Å². The molecule has 202 valence electrons. The number of nitriles is 1. The van der Waals surface area contributed by atoms with Gasteiger partial charge in [-0.15, -0.1) is 0 Å². The third-order valence-electron chi connectivity index (χ3n) is 8.78. The molecule has 3 aromatic rings. The van der Waals surface area contributed by atoms with Crippen LogP contribution in [0.25, 0.3) is 10.9 Å². The molecule has 4 aliphatic heterocycles. The van der Waals surface area contributed by atoms with Crippen molar-refractivity contribution < 1.29 is 9.47 Å². The summed E-state index contributed by atoms with van der Waals surface area (Å²) in [5.74, 6) is 0. The lowest BCUT2D eigenvalue weighted by Crippen LogP contribution is -2.58. The number of morpholine rings is 2. The minimum atomic E-state index is 0.115. The van der Waals surface area contributed by atoms with Gasteiger partial charge in [0.1, 0.15) is 6.07 Å². The molecule has 3 fully saturated rings. The van der Waals surface area contributed by atoms with Gasteiger partial charge in [-0.25, -0.2) is 0 Å². The Morgan fingerprint density at radius 1 is 1.00 bits per heavy atom. The lowest BCUT2D eigenvalue weighted by molar-refractivity contribution is -0.0329. The molecule has 0 radical (unpaired) electrons. The molecule has 0 saturated carbocycles. The number of aromatic nitrogens is 1. The molecule has 0 spiro atoms. The standard InChI is InChI=1S/C31H36N6O2/c1-22-15-37(30-7-5-23(14-32)31-29(30)3-2-8-33-31)20-28(39-22)19-34-16-24-4-6-26(13-25(24)17-34)36-10-9-35-11-12-38-21-27(35)18-36/h2-8,13,22,27-28H,9-12,15-21H2,1H3/t22-,27?,28+/m1/s1. The van der Waals surface area contributed by atoms with Crippen molar-refractivity contribution >= 4 is 22.3 Å². The number of rotatable bonds is 4. The van der Waals surface area contributed by atoms with E-state index >= 15 is 0 Å². The van der Waals surface area contributed by atoms with Gasteiger partial charge >= 0.3 is 0 Å². The molecule has 39 heavy (non-hydrogen) atoms. The molecular weight excluding hydrogens is 488 g/mol. The Morgan fingerprint density at radius 3 is 2.85 bits per heavy atom. The van der Waals surface area contributed by atoms with Gasteiger partial charge in [-0.05, 0) is 54.4 Å². The quantitative estimate of drug-likeness (QED) is 0.516. The molecule has 0 bridgehead atoms. The van der Waals surface area contributed by atoms with Crippen LogP contribution >= 0.6 is 0 Å². The number of piperazine rings is 1. The molecule has 2 aromatic carbocycles. The summed E-state index contributed by atoms with van der Waals surface area (Å²) >= 11 is 0. The van der Waals surface area contributed by atoms with E-state index in [1.165, 1.54) is 16.8 Å². The first-order valence-electron chi connectivity index (χ1n) is 14.2. The van der Waals surface area contributed by atoms with Gasteiger partial charge in [0, 0.05) is 81.9 Å². The van der Waals surface area contributed by atoms with Gasteiger partial charge in [-0.2, -0.15) is 5.26 Å². The minimum absolute atomic E-state index is 0.115. The third-order valence-corrected chi connectivity index (χ3v) is 8.78. The van der Waals surface area contributed by atoms with Gasteiger partial charge in [-0.1, -0.05) is 6.07 Å². The summed E-state index contributed by atoms with van der Waals surface area (Å²) in [5, 5.41) is 10.6. The largest absolute Gasteiger partial charge is 0.378 e. The Hall–Kier alpha value is -3.22. The monoisotopic (exact) mass is 524 g/mol. The van der Waals surface area contributed by atoms with Crippen molar-refractivity contribution in [1.82, 2.24) is 14.8 Å². The Balaban J connectivity index is 1.03. The maximum atomic E-state index is 9.55. The van der Waals surface area contributed by atoms with Crippen molar-refractivity contribution in [3.63, 3.8) is 0 Å². The Labute approximate surface area is 230 Å². The van der Waals surface area contributed by atoms with Crippen molar-refractivity contribution in [2.75, 3.05) is 68.8 Å². The smallest absolute Gasteiger partial charge is 0.101 e. The summed E-state index contributed by atoms with van der Waals surface area (Å²) in [6.07, 6.45) is 2.01. The third kappa shape index (κ3) is 4.85. The zero-order valence-corrected chi connectivity index (χ0v) is 22.6. The second-order valence-electron chi connectivity index (χ2n) is 11.5. The number of pyridine rings is 1. The first-order valence-corrected chi connectivity index (χ1v) is 14.2. The highest BCUT2D eigenvalue weighted by atomic mass is 16.5. The summed E-state index contributed by atoms with van der Waals surface area (Å²) in [7, 11) is 0. The van der Waals surface area contributed by atoms with Crippen molar-refractivity contribution in [1.29, 1.82) is 5.26 Å². The molecule has 0 aliphatic carbocycles. The lowest BCUT2D eigenvalue weighted by Gasteiger charge is -2.44. The summed E-state index contributed by atoms with van der Waals surface area (Å²) in [6.45, 7) is 12.7. The van der Waals surface area contributed by atoms with E-state index in [4.69, 9.17) is 9.47 Å². The molecule has 1 unspecified atom stereocenters. The van der Waals surface area contributed by atoms with Crippen LogP contribution in [-0.4, -0.2) is 92.1 Å². The highest BCUT2D eigenvalue weighted by Gasteiger charge is 2.32. The van der Waals surface area contributed by atoms with Gasteiger partial charge < -0.3 is 19.3 Å². The second kappa shape index (κ2) is 10.4. The van der Waals surface area contributed by atoms with Crippen LogP contribution < -0.4 is 9.80 Å². The van der Waals surface area contributed by atoms with Crippen LogP contribution in [0.4, 0.5) is 11.4 Å². The molecule has 8 heteroatoms. The Bertz CT molecular complexity index is 1410.